The summed E-state index contributed by atoms with van der Waals surface area (Å²) in [6.07, 6.45) is 3.61. The minimum Gasteiger partial charge on any atom is -0.351 e. The molecule has 114 valence electrons. The van der Waals surface area contributed by atoms with Gasteiger partial charge in [-0.05, 0) is 58.1 Å². The fourth-order valence-corrected chi connectivity index (χ4v) is 2.36. The summed E-state index contributed by atoms with van der Waals surface area (Å²) >= 11 is 0. The molecule has 0 saturated carbocycles. The zero-order chi connectivity index (χ0) is 15.4. The van der Waals surface area contributed by atoms with E-state index in [1.807, 2.05) is 50.7 Å². The highest BCUT2D eigenvalue weighted by atomic mass is 16.1. The third-order valence-corrected chi connectivity index (χ3v) is 3.47. The maximum absolute atomic E-state index is 12.4. The zero-order valence-corrected chi connectivity index (χ0v) is 13.3. The molecule has 0 saturated heterocycles. The summed E-state index contributed by atoms with van der Waals surface area (Å²) < 4.78 is 1.88. The number of imidazole rings is 1. The number of carbonyl (C=O) groups is 1. The lowest BCUT2D eigenvalue weighted by molar-refractivity contribution is 0.0945. The molecule has 1 amide bonds. The Bertz CT molecular complexity index is 630. The van der Waals surface area contributed by atoms with E-state index in [0.29, 0.717) is 12.2 Å². The standard InChI is InChI=1S/C16H24N4O/c1-5-13-15(16(21)17-8-6-9-19(3)4)20-10-7-12(2)11-14(20)18-13/h7,10-11H,5-6,8-9H2,1-4H3,(H,17,21). The van der Waals surface area contributed by atoms with Crippen LogP contribution in [0.25, 0.3) is 5.65 Å². The SMILES string of the molecule is CCc1nc2cc(C)ccn2c1C(=O)NCCCN(C)C. The molecule has 0 aliphatic carbocycles. The molecule has 0 aromatic carbocycles. The number of aryl methyl sites for hydroxylation is 2. The monoisotopic (exact) mass is 288 g/mol. The first-order valence-corrected chi connectivity index (χ1v) is 7.43. The summed E-state index contributed by atoms with van der Waals surface area (Å²) in [5.41, 5.74) is 3.50. The molecule has 5 nitrogen and oxygen atoms in total. The molecule has 1 N–H and O–H groups in total. The number of rotatable bonds is 6. The van der Waals surface area contributed by atoms with E-state index in [2.05, 4.69) is 15.2 Å². The molecule has 0 aliphatic rings. The number of hydrogen-bond donors (Lipinski definition) is 1. The van der Waals surface area contributed by atoms with Crippen molar-refractivity contribution in [2.75, 3.05) is 27.2 Å². The van der Waals surface area contributed by atoms with Crippen molar-refractivity contribution in [3.05, 3.63) is 35.3 Å². The first-order chi connectivity index (χ1) is 10.0. The van der Waals surface area contributed by atoms with Crippen molar-refractivity contribution in [2.45, 2.75) is 26.7 Å². The largest absolute Gasteiger partial charge is 0.351 e. The highest BCUT2D eigenvalue weighted by molar-refractivity contribution is 5.94. The second-order valence-corrected chi connectivity index (χ2v) is 5.61. The van der Waals surface area contributed by atoms with Crippen LogP contribution in [0.2, 0.25) is 0 Å². The lowest BCUT2D eigenvalue weighted by atomic mass is 10.2. The van der Waals surface area contributed by atoms with Gasteiger partial charge >= 0.3 is 0 Å². The molecule has 2 aromatic heterocycles. The van der Waals surface area contributed by atoms with E-state index >= 15 is 0 Å². The van der Waals surface area contributed by atoms with Gasteiger partial charge in [-0.3, -0.25) is 9.20 Å². The van der Waals surface area contributed by atoms with Crippen LogP contribution in [0.1, 0.15) is 35.1 Å². The highest BCUT2D eigenvalue weighted by Gasteiger charge is 2.17. The third kappa shape index (κ3) is 3.61. The van der Waals surface area contributed by atoms with Crippen molar-refractivity contribution in [1.29, 1.82) is 0 Å². The number of amides is 1. The number of carbonyl (C=O) groups excluding carboxylic acids is 1. The van der Waals surface area contributed by atoms with Gasteiger partial charge in [-0.25, -0.2) is 4.98 Å². The van der Waals surface area contributed by atoms with Gasteiger partial charge in [0.1, 0.15) is 11.3 Å². The normalized spacial score (nSPS) is 11.3. The number of nitrogens with zero attached hydrogens (tertiary/aromatic N) is 3. The predicted molar refractivity (Wildman–Crippen MR) is 84.8 cm³/mol. The molecule has 0 bridgehead atoms. The van der Waals surface area contributed by atoms with Gasteiger partial charge in [-0.2, -0.15) is 0 Å². The van der Waals surface area contributed by atoms with E-state index in [0.717, 1.165) is 36.3 Å². The van der Waals surface area contributed by atoms with Crippen LogP contribution in [0.4, 0.5) is 0 Å². The molecular formula is C16H24N4O. The van der Waals surface area contributed by atoms with E-state index in [1.165, 1.54) is 0 Å². The average Bonchev–Trinajstić information content (AvgIpc) is 2.80. The van der Waals surface area contributed by atoms with Crippen molar-refractivity contribution in [1.82, 2.24) is 19.6 Å². The number of pyridine rings is 1. The lowest BCUT2D eigenvalue weighted by Gasteiger charge is -2.10. The van der Waals surface area contributed by atoms with Gasteiger partial charge < -0.3 is 10.2 Å². The maximum atomic E-state index is 12.4. The van der Waals surface area contributed by atoms with E-state index in [4.69, 9.17) is 0 Å². The Hall–Kier alpha value is -1.88. The molecule has 2 aromatic rings. The van der Waals surface area contributed by atoms with Crippen LogP contribution in [0.15, 0.2) is 18.3 Å². The van der Waals surface area contributed by atoms with Crippen LogP contribution >= 0.6 is 0 Å². The summed E-state index contributed by atoms with van der Waals surface area (Å²) in [6, 6.07) is 4.00. The van der Waals surface area contributed by atoms with Crippen molar-refractivity contribution in [3.63, 3.8) is 0 Å². The summed E-state index contributed by atoms with van der Waals surface area (Å²) in [5.74, 6) is -0.0399. The minimum absolute atomic E-state index is 0.0399. The molecule has 0 unspecified atom stereocenters. The van der Waals surface area contributed by atoms with E-state index in [9.17, 15) is 4.79 Å². The molecule has 5 heteroatoms. The van der Waals surface area contributed by atoms with Crippen molar-refractivity contribution in [3.8, 4) is 0 Å². The fraction of sp³-hybridized carbons (Fsp3) is 0.500. The van der Waals surface area contributed by atoms with Crippen molar-refractivity contribution < 1.29 is 4.79 Å². The van der Waals surface area contributed by atoms with Crippen molar-refractivity contribution >= 4 is 11.6 Å². The van der Waals surface area contributed by atoms with E-state index in [1.54, 1.807) is 0 Å². The summed E-state index contributed by atoms with van der Waals surface area (Å²) in [5, 5.41) is 3.00. The summed E-state index contributed by atoms with van der Waals surface area (Å²) in [4.78, 5) is 19.1. The third-order valence-electron chi connectivity index (χ3n) is 3.47. The molecule has 21 heavy (non-hydrogen) atoms. The Kier molecular flexibility index (Phi) is 4.96. The molecule has 0 atom stereocenters. The Morgan fingerprint density at radius 3 is 2.86 bits per heavy atom. The van der Waals surface area contributed by atoms with Crippen LogP contribution in [-0.2, 0) is 6.42 Å². The van der Waals surface area contributed by atoms with Gasteiger partial charge in [0.05, 0.1) is 5.69 Å². The second-order valence-electron chi connectivity index (χ2n) is 5.61. The Balaban J connectivity index is 2.17. The number of hydrogen-bond acceptors (Lipinski definition) is 3. The quantitative estimate of drug-likeness (QED) is 0.826. The molecule has 2 rings (SSSR count). The second kappa shape index (κ2) is 6.72. The summed E-state index contributed by atoms with van der Waals surface area (Å²) in [6.45, 7) is 5.70. The molecule has 0 radical (unpaired) electrons. The van der Waals surface area contributed by atoms with Gasteiger partial charge in [0.25, 0.3) is 5.91 Å². The number of fused-ring (bicyclic) bond motifs is 1. The van der Waals surface area contributed by atoms with Crippen molar-refractivity contribution in [2.24, 2.45) is 0 Å². The molecule has 0 fully saturated rings. The Morgan fingerprint density at radius 2 is 2.19 bits per heavy atom. The van der Waals surface area contributed by atoms with Gasteiger partial charge in [0.2, 0.25) is 0 Å². The average molecular weight is 288 g/mol. The maximum Gasteiger partial charge on any atom is 0.270 e. The van der Waals surface area contributed by atoms with Crippen LogP contribution < -0.4 is 5.32 Å². The van der Waals surface area contributed by atoms with Crippen LogP contribution in [0.3, 0.4) is 0 Å². The van der Waals surface area contributed by atoms with Gasteiger partial charge in [-0.1, -0.05) is 6.92 Å². The number of aromatic nitrogens is 2. The Labute approximate surface area is 126 Å². The van der Waals surface area contributed by atoms with Crippen LogP contribution in [-0.4, -0.2) is 47.4 Å². The van der Waals surface area contributed by atoms with Gasteiger partial charge in [0.15, 0.2) is 0 Å². The predicted octanol–water partition coefficient (Wildman–Crippen LogP) is 1.89. The highest BCUT2D eigenvalue weighted by Crippen LogP contribution is 2.14. The zero-order valence-electron chi connectivity index (χ0n) is 13.3. The topological polar surface area (TPSA) is 49.6 Å². The lowest BCUT2D eigenvalue weighted by Crippen LogP contribution is -2.28. The van der Waals surface area contributed by atoms with Crippen LogP contribution in [0.5, 0.6) is 0 Å². The minimum atomic E-state index is -0.0399. The molecule has 0 aliphatic heterocycles. The summed E-state index contributed by atoms with van der Waals surface area (Å²) in [7, 11) is 4.06. The van der Waals surface area contributed by atoms with E-state index in [-0.39, 0.29) is 5.91 Å². The molecule has 2 heterocycles. The first kappa shape index (κ1) is 15.5. The molecular weight excluding hydrogens is 264 g/mol. The molecule has 0 spiro atoms. The Morgan fingerprint density at radius 1 is 1.43 bits per heavy atom. The van der Waals surface area contributed by atoms with E-state index < -0.39 is 0 Å². The fourth-order valence-electron chi connectivity index (χ4n) is 2.36. The number of nitrogens with one attached hydrogen (secondary N) is 1. The van der Waals surface area contributed by atoms with Gasteiger partial charge in [0, 0.05) is 12.7 Å². The first-order valence-electron chi connectivity index (χ1n) is 7.43. The van der Waals surface area contributed by atoms with Gasteiger partial charge in [-0.15, -0.1) is 0 Å². The van der Waals surface area contributed by atoms with Crippen LogP contribution in [0, 0.1) is 6.92 Å². The smallest absolute Gasteiger partial charge is 0.270 e.